The third-order valence-corrected chi connectivity index (χ3v) is 4.30. The first kappa shape index (κ1) is 18.9. The van der Waals surface area contributed by atoms with Crippen molar-refractivity contribution in [3.05, 3.63) is 28.2 Å². The van der Waals surface area contributed by atoms with Gasteiger partial charge < -0.3 is 24.6 Å². The van der Waals surface area contributed by atoms with E-state index >= 15 is 0 Å². The number of esters is 2. The van der Waals surface area contributed by atoms with Crippen LogP contribution < -0.4 is 15.6 Å². The molecule has 2 N–H and O–H groups in total. The highest BCUT2D eigenvalue weighted by Gasteiger charge is 2.23. The minimum atomic E-state index is -1.47. The molecule has 0 spiro atoms. The first-order chi connectivity index (χ1) is 12.9. The fourth-order valence-electron chi connectivity index (χ4n) is 2.80. The van der Waals surface area contributed by atoms with Gasteiger partial charge in [0.25, 0.3) is 0 Å². The summed E-state index contributed by atoms with van der Waals surface area (Å²) in [6, 6.07) is 0. The van der Waals surface area contributed by atoms with Crippen LogP contribution in [0.2, 0.25) is 0 Å². The van der Waals surface area contributed by atoms with E-state index in [2.05, 4.69) is 20.0 Å². The maximum Gasteiger partial charge on any atom is 0.351 e. The van der Waals surface area contributed by atoms with Gasteiger partial charge in [-0.1, -0.05) is 0 Å². The zero-order valence-corrected chi connectivity index (χ0v) is 15.1. The molecule has 1 aliphatic heterocycles. The monoisotopic (exact) mass is 375 g/mol. The molecule has 10 heteroatoms. The number of rotatable bonds is 4. The highest BCUT2D eigenvalue weighted by Crippen LogP contribution is 2.15. The van der Waals surface area contributed by atoms with Gasteiger partial charge >= 0.3 is 11.9 Å². The molecule has 2 aromatic heterocycles. The molecule has 1 fully saturated rings. The maximum absolute atomic E-state index is 12.7. The van der Waals surface area contributed by atoms with Crippen LogP contribution in [0.4, 0.5) is 5.95 Å². The Morgan fingerprint density at radius 1 is 1.37 bits per heavy atom. The normalized spacial score (nSPS) is 15.6. The number of pyridine rings is 1. The number of hydrogen-bond donors (Lipinski definition) is 2. The molecular formula is C17H21N5O5. The minimum absolute atomic E-state index is 0.162. The van der Waals surface area contributed by atoms with Gasteiger partial charge in [-0.25, -0.2) is 14.6 Å². The SMILES string of the molecule is CCn1cc(C(=O)OC(=O)C(C)O)c(=O)c2cnc(N3CCNCC3)nc21. The van der Waals surface area contributed by atoms with Crippen LogP contribution in [-0.2, 0) is 16.1 Å². The number of anilines is 1. The first-order valence-corrected chi connectivity index (χ1v) is 8.72. The van der Waals surface area contributed by atoms with Crippen LogP contribution in [0.3, 0.4) is 0 Å². The lowest BCUT2D eigenvalue weighted by Gasteiger charge is -2.27. The van der Waals surface area contributed by atoms with Crippen LogP contribution in [0.1, 0.15) is 24.2 Å². The third-order valence-electron chi connectivity index (χ3n) is 4.30. The molecule has 27 heavy (non-hydrogen) atoms. The van der Waals surface area contributed by atoms with Crippen molar-refractivity contribution in [3.63, 3.8) is 0 Å². The van der Waals surface area contributed by atoms with E-state index in [4.69, 9.17) is 0 Å². The van der Waals surface area contributed by atoms with Crippen molar-refractivity contribution in [2.24, 2.45) is 0 Å². The van der Waals surface area contributed by atoms with Crippen molar-refractivity contribution in [3.8, 4) is 0 Å². The number of aliphatic hydroxyl groups excluding tert-OH is 1. The fourth-order valence-corrected chi connectivity index (χ4v) is 2.80. The number of hydrogen-bond acceptors (Lipinski definition) is 9. The van der Waals surface area contributed by atoms with Gasteiger partial charge in [-0.05, 0) is 13.8 Å². The molecule has 0 saturated carbocycles. The van der Waals surface area contributed by atoms with Crippen molar-refractivity contribution in [2.45, 2.75) is 26.5 Å². The number of aryl methyl sites for hydroxylation is 1. The summed E-state index contributed by atoms with van der Waals surface area (Å²) < 4.78 is 6.18. The van der Waals surface area contributed by atoms with E-state index in [-0.39, 0.29) is 10.9 Å². The number of nitrogens with zero attached hydrogens (tertiary/aromatic N) is 4. The van der Waals surface area contributed by atoms with Crippen LogP contribution in [0.15, 0.2) is 17.2 Å². The average Bonchev–Trinajstić information content (AvgIpc) is 2.68. The second-order valence-electron chi connectivity index (χ2n) is 6.19. The first-order valence-electron chi connectivity index (χ1n) is 8.72. The number of nitrogens with one attached hydrogen (secondary N) is 1. The largest absolute Gasteiger partial charge is 0.387 e. The Morgan fingerprint density at radius 3 is 2.70 bits per heavy atom. The van der Waals surface area contributed by atoms with Crippen LogP contribution >= 0.6 is 0 Å². The summed E-state index contributed by atoms with van der Waals surface area (Å²) >= 11 is 0. The van der Waals surface area contributed by atoms with Gasteiger partial charge in [0.05, 0.1) is 5.39 Å². The van der Waals surface area contributed by atoms with E-state index in [0.717, 1.165) is 26.2 Å². The number of aromatic nitrogens is 3. The number of piperazine rings is 1. The molecule has 144 valence electrons. The zero-order valence-electron chi connectivity index (χ0n) is 15.1. The van der Waals surface area contributed by atoms with Crippen LogP contribution in [0, 0.1) is 0 Å². The summed E-state index contributed by atoms with van der Waals surface area (Å²) in [6.45, 7) is 6.62. The Hall–Kier alpha value is -2.85. The molecule has 1 unspecified atom stereocenters. The second kappa shape index (κ2) is 7.80. The van der Waals surface area contributed by atoms with Gasteiger partial charge in [0.1, 0.15) is 17.3 Å². The molecule has 0 amide bonds. The molecule has 3 rings (SSSR count). The number of ether oxygens (including phenoxy) is 1. The highest BCUT2D eigenvalue weighted by molar-refractivity contribution is 5.99. The summed E-state index contributed by atoms with van der Waals surface area (Å²) in [5.41, 5.74) is -0.522. The van der Waals surface area contributed by atoms with Crippen molar-refractivity contribution in [1.29, 1.82) is 0 Å². The number of carbonyl (C=O) groups excluding carboxylic acids is 2. The summed E-state index contributed by atoms with van der Waals surface area (Å²) in [7, 11) is 0. The van der Waals surface area contributed by atoms with Crippen molar-refractivity contribution < 1.29 is 19.4 Å². The van der Waals surface area contributed by atoms with E-state index in [1.54, 1.807) is 4.57 Å². The number of aliphatic hydroxyl groups is 1. The molecular weight excluding hydrogens is 354 g/mol. The van der Waals surface area contributed by atoms with Crippen LogP contribution in [0.25, 0.3) is 11.0 Å². The Kier molecular flexibility index (Phi) is 5.47. The highest BCUT2D eigenvalue weighted by atomic mass is 16.6. The zero-order chi connectivity index (χ0) is 19.6. The van der Waals surface area contributed by atoms with Crippen molar-refractivity contribution in [2.75, 3.05) is 31.1 Å². The van der Waals surface area contributed by atoms with Crippen LogP contribution in [-0.4, -0.2) is 63.9 Å². The van der Waals surface area contributed by atoms with Crippen molar-refractivity contribution in [1.82, 2.24) is 19.9 Å². The van der Waals surface area contributed by atoms with E-state index in [0.29, 0.717) is 18.1 Å². The molecule has 3 heterocycles. The molecule has 1 saturated heterocycles. The van der Waals surface area contributed by atoms with E-state index < -0.39 is 23.5 Å². The number of fused-ring (bicyclic) bond motifs is 1. The van der Waals surface area contributed by atoms with Gasteiger partial charge in [0.2, 0.25) is 11.4 Å². The quantitative estimate of drug-likeness (QED) is 0.526. The summed E-state index contributed by atoms with van der Waals surface area (Å²) in [5.74, 6) is -1.71. The Labute approximate surface area is 154 Å². The minimum Gasteiger partial charge on any atom is -0.387 e. The maximum atomic E-state index is 12.7. The molecule has 0 aliphatic carbocycles. The van der Waals surface area contributed by atoms with Gasteiger partial charge in [0, 0.05) is 45.1 Å². The molecule has 0 radical (unpaired) electrons. The molecule has 10 nitrogen and oxygen atoms in total. The third kappa shape index (κ3) is 3.81. The Bertz CT molecular complexity index is 933. The lowest BCUT2D eigenvalue weighted by Crippen LogP contribution is -2.44. The van der Waals surface area contributed by atoms with E-state index in [1.807, 2.05) is 11.8 Å². The fraction of sp³-hybridized carbons (Fsp3) is 0.471. The topological polar surface area (TPSA) is 127 Å². The van der Waals surface area contributed by atoms with Gasteiger partial charge in [-0.2, -0.15) is 4.98 Å². The second-order valence-corrected chi connectivity index (χ2v) is 6.19. The lowest BCUT2D eigenvalue weighted by molar-refractivity contribution is -0.146. The summed E-state index contributed by atoms with van der Waals surface area (Å²) in [6.07, 6.45) is 1.24. The van der Waals surface area contributed by atoms with Gasteiger partial charge in [0.15, 0.2) is 0 Å². The Balaban J connectivity index is 2.03. The Morgan fingerprint density at radius 2 is 2.07 bits per heavy atom. The molecule has 1 aliphatic rings. The van der Waals surface area contributed by atoms with E-state index in [1.165, 1.54) is 19.3 Å². The molecule has 0 aromatic carbocycles. The number of carbonyl (C=O) groups is 2. The predicted molar refractivity (Wildman–Crippen MR) is 96.7 cm³/mol. The van der Waals surface area contributed by atoms with E-state index in [9.17, 15) is 19.5 Å². The average molecular weight is 375 g/mol. The smallest absolute Gasteiger partial charge is 0.351 e. The summed E-state index contributed by atoms with van der Waals surface area (Å²) in [4.78, 5) is 47.1. The van der Waals surface area contributed by atoms with Crippen molar-refractivity contribution >= 4 is 28.9 Å². The van der Waals surface area contributed by atoms with Gasteiger partial charge in [-0.15, -0.1) is 0 Å². The standard InChI is InChI=1S/C17H21N5O5/c1-3-21-9-12(16(26)27-15(25)10(2)23)13(24)11-8-19-17(20-14(11)21)22-6-4-18-5-7-22/h8-10,18,23H,3-7H2,1-2H3. The van der Waals surface area contributed by atoms with Gasteiger partial charge in [-0.3, -0.25) is 4.79 Å². The van der Waals surface area contributed by atoms with Crippen LogP contribution in [0.5, 0.6) is 0 Å². The molecule has 2 aromatic rings. The predicted octanol–water partition coefficient (Wildman–Crippen LogP) is -0.715. The molecule has 1 atom stereocenters. The lowest BCUT2D eigenvalue weighted by atomic mass is 10.2. The summed E-state index contributed by atoms with van der Waals surface area (Å²) in [5, 5.41) is 12.6. The molecule has 0 bridgehead atoms.